The van der Waals surface area contributed by atoms with E-state index in [0.29, 0.717) is 11.5 Å². The first kappa shape index (κ1) is 15.6. The number of nitrogens with one attached hydrogen (secondary N) is 1. The third-order valence-electron chi connectivity index (χ3n) is 3.50. The molecule has 24 heavy (non-hydrogen) atoms. The molecule has 1 atom stereocenters. The molecule has 0 saturated carbocycles. The second-order valence-corrected chi connectivity index (χ2v) is 5.16. The molecule has 1 aliphatic heterocycles. The number of rotatable bonds is 4. The van der Waals surface area contributed by atoms with Gasteiger partial charge in [-0.15, -0.1) is 0 Å². The van der Waals surface area contributed by atoms with Crippen molar-refractivity contribution in [2.75, 3.05) is 10.3 Å². The second kappa shape index (κ2) is 6.45. The van der Waals surface area contributed by atoms with Crippen LogP contribution < -0.4 is 16.1 Å². The first-order chi connectivity index (χ1) is 11.5. The third kappa shape index (κ3) is 3.22. The topological polar surface area (TPSA) is 101 Å². The van der Waals surface area contributed by atoms with Crippen LogP contribution in [0.25, 0.3) is 0 Å². The van der Waals surface area contributed by atoms with E-state index in [4.69, 9.17) is 5.73 Å². The summed E-state index contributed by atoms with van der Waals surface area (Å²) in [4.78, 5) is 28.0. The summed E-state index contributed by atoms with van der Waals surface area (Å²) in [5.74, 6) is -1.12. The summed E-state index contributed by atoms with van der Waals surface area (Å²) in [5.41, 5.74) is 6.02. The number of nitrogens with two attached hydrogens (primary N) is 1. The molecule has 0 saturated heterocycles. The summed E-state index contributed by atoms with van der Waals surface area (Å²) in [6.45, 7) is 0. The van der Waals surface area contributed by atoms with Crippen LogP contribution in [0.3, 0.4) is 0 Å². The van der Waals surface area contributed by atoms with Gasteiger partial charge in [0.05, 0.1) is 5.69 Å². The Morgan fingerprint density at radius 2 is 1.96 bits per heavy atom. The van der Waals surface area contributed by atoms with Crippen LogP contribution >= 0.6 is 0 Å². The average Bonchev–Trinajstić information content (AvgIpc) is 3.02. The SMILES string of the molecule is NC(=O)[C@@H]1CC(C(=O)Nc2ccccn2)=NN1c1ccc(F)cc1. The van der Waals surface area contributed by atoms with Crippen molar-refractivity contribution in [2.24, 2.45) is 10.8 Å². The number of pyridine rings is 1. The Balaban J connectivity index is 1.83. The minimum atomic E-state index is -0.806. The zero-order valence-electron chi connectivity index (χ0n) is 12.5. The Bertz CT molecular complexity index is 792. The van der Waals surface area contributed by atoms with Crippen LogP contribution in [0.1, 0.15) is 6.42 Å². The third-order valence-corrected chi connectivity index (χ3v) is 3.50. The van der Waals surface area contributed by atoms with Gasteiger partial charge < -0.3 is 11.1 Å². The van der Waals surface area contributed by atoms with Crippen LogP contribution in [0.15, 0.2) is 53.8 Å². The highest BCUT2D eigenvalue weighted by molar-refractivity contribution is 6.44. The second-order valence-electron chi connectivity index (χ2n) is 5.16. The van der Waals surface area contributed by atoms with Crippen LogP contribution in [0.2, 0.25) is 0 Å². The van der Waals surface area contributed by atoms with Gasteiger partial charge in [-0.25, -0.2) is 9.37 Å². The van der Waals surface area contributed by atoms with Crippen LogP contribution in [0.5, 0.6) is 0 Å². The number of aromatic nitrogens is 1. The molecule has 2 aromatic rings. The normalized spacial score (nSPS) is 16.6. The molecule has 3 N–H and O–H groups in total. The predicted octanol–water partition coefficient (Wildman–Crippen LogP) is 1.28. The molecule has 2 amide bonds. The van der Waals surface area contributed by atoms with Crippen LogP contribution in [0.4, 0.5) is 15.9 Å². The zero-order chi connectivity index (χ0) is 17.1. The summed E-state index contributed by atoms with van der Waals surface area (Å²) in [6, 6.07) is 9.71. The summed E-state index contributed by atoms with van der Waals surface area (Å²) in [5, 5.41) is 8.11. The first-order valence-electron chi connectivity index (χ1n) is 7.18. The van der Waals surface area contributed by atoms with Gasteiger partial charge in [-0.1, -0.05) is 6.07 Å². The van der Waals surface area contributed by atoms with E-state index in [2.05, 4.69) is 15.4 Å². The fraction of sp³-hybridized carbons (Fsp3) is 0.125. The standard InChI is InChI=1S/C16H14FN5O2/c17-10-4-6-11(7-5-10)22-13(15(18)23)9-12(21-22)16(24)20-14-3-1-2-8-19-14/h1-8,13H,9H2,(H2,18,23)(H,19,20,24)/t13-/m0/s1. The van der Waals surface area contributed by atoms with Crippen molar-refractivity contribution < 1.29 is 14.0 Å². The average molecular weight is 327 g/mol. The minimum absolute atomic E-state index is 0.0609. The van der Waals surface area contributed by atoms with Crippen LogP contribution in [0, 0.1) is 5.82 Å². The summed E-state index contributed by atoms with van der Waals surface area (Å²) in [7, 11) is 0. The molecule has 0 unspecified atom stereocenters. The Kier molecular flexibility index (Phi) is 4.19. The number of halogens is 1. The molecule has 122 valence electrons. The van der Waals surface area contributed by atoms with Gasteiger partial charge in [-0.2, -0.15) is 5.10 Å². The van der Waals surface area contributed by atoms with E-state index >= 15 is 0 Å². The van der Waals surface area contributed by atoms with Crippen LogP contribution in [-0.2, 0) is 9.59 Å². The molecule has 0 bridgehead atoms. The van der Waals surface area contributed by atoms with Gasteiger partial charge in [0.15, 0.2) is 0 Å². The number of nitrogens with zero attached hydrogens (tertiary/aromatic N) is 3. The van der Waals surface area contributed by atoms with E-state index in [1.165, 1.54) is 29.3 Å². The van der Waals surface area contributed by atoms with Gasteiger partial charge in [-0.05, 0) is 36.4 Å². The number of carbonyl (C=O) groups excluding carboxylic acids is 2. The Morgan fingerprint density at radius 1 is 1.21 bits per heavy atom. The highest BCUT2D eigenvalue weighted by Gasteiger charge is 2.35. The maximum atomic E-state index is 13.1. The lowest BCUT2D eigenvalue weighted by molar-refractivity contribution is -0.119. The van der Waals surface area contributed by atoms with Crippen molar-refractivity contribution in [3.8, 4) is 0 Å². The number of hydrogen-bond donors (Lipinski definition) is 2. The summed E-state index contributed by atoms with van der Waals surface area (Å²) < 4.78 is 13.1. The minimum Gasteiger partial charge on any atom is -0.368 e. The van der Waals surface area contributed by atoms with Gasteiger partial charge in [0.25, 0.3) is 5.91 Å². The molecule has 0 aliphatic carbocycles. The van der Waals surface area contributed by atoms with Gasteiger partial charge in [0.1, 0.15) is 23.4 Å². The summed E-state index contributed by atoms with van der Waals surface area (Å²) in [6.07, 6.45) is 1.61. The molecule has 1 aliphatic rings. The fourth-order valence-corrected chi connectivity index (χ4v) is 2.33. The molecule has 0 radical (unpaired) electrons. The van der Waals surface area contributed by atoms with Gasteiger partial charge in [-0.3, -0.25) is 14.6 Å². The number of benzene rings is 1. The van der Waals surface area contributed by atoms with Crippen molar-refractivity contribution >= 4 is 29.0 Å². The number of anilines is 2. The Labute approximate surface area is 137 Å². The largest absolute Gasteiger partial charge is 0.368 e. The van der Waals surface area contributed by atoms with Crippen molar-refractivity contribution in [1.82, 2.24) is 4.98 Å². The lowest BCUT2D eigenvalue weighted by Crippen LogP contribution is -2.39. The predicted molar refractivity (Wildman–Crippen MR) is 86.8 cm³/mol. The van der Waals surface area contributed by atoms with E-state index < -0.39 is 23.7 Å². The summed E-state index contributed by atoms with van der Waals surface area (Å²) >= 11 is 0. The number of carbonyl (C=O) groups is 2. The molecule has 1 aromatic heterocycles. The molecule has 0 fully saturated rings. The first-order valence-corrected chi connectivity index (χ1v) is 7.18. The Hall–Kier alpha value is -3.29. The number of primary amides is 1. The monoisotopic (exact) mass is 327 g/mol. The smallest absolute Gasteiger partial charge is 0.273 e. The van der Waals surface area contributed by atoms with E-state index in [1.54, 1.807) is 24.4 Å². The number of hydrogen-bond acceptors (Lipinski definition) is 5. The lowest BCUT2D eigenvalue weighted by atomic mass is 10.1. The fourth-order valence-electron chi connectivity index (χ4n) is 2.33. The molecule has 1 aromatic carbocycles. The molecule has 0 spiro atoms. The van der Waals surface area contributed by atoms with Crippen molar-refractivity contribution in [3.05, 3.63) is 54.5 Å². The maximum absolute atomic E-state index is 13.1. The highest BCUT2D eigenvalue weighted by Crippen LogP contribution is 2.25. The van der Waals surface area contributed by atoms with Crippen molar-refractivity contribution in [1.29, 1.82) is 0 Å². The number of amides is 2. The van der Waals surface area contributed by atoms with Crippen molar-refractivity contribution in [2.45, 2.75) is 12.5 Å². The lowest BCUT2D eigenvalue weighted by Gasteiger charge is -2.20. The molecule has 3 rings (SSSR count). The van der Waals surface area contributed by atoms with Gasteiger partial charge >= 0.3 is 0 Å². The van der Waals surface area contributed by atoms with Crippen LogP contribution in [-0.4, -0.2) is 28.6 Å². The molecular weight excluding hydrogens is 313 g/mol. The zero-order valence-corrected chi connectivity index (χ0v) is 12.5. The van der Waals surface area contributed by atoms with E-state index in [-0.39, 0.29) is 12.1 Å². The quantitative estimate of drug-likeness (QED) is 0.883. The molecular formula is C16H14FN5O2. The van der Waals surface area contributed by atoms with Crippen molar-refractivity contribution in [3.63, 3.8) is 0 Å². The van der Waals surface area contributed by atoms with E-state index in [1.807, 2.05) is 0 Å². The maximum Gasteiger partial charge on any atom is 0.273 e. The Morgan fingerprint density at radius 3 is 2.58 bits per heavy atom. The van der Waals surface area contributed by atoms with E-state index in [9.17, 15) is 14.0 Å². The molecule has 8 heteroatoms. The molecule has 7 nitrogen and oxygen atoms in total. The van der Waals surface area contributed by atoms with E-state index in [0.717, 1.165) is 0 Å². The van der Waals surface area contributed by atoms with Gasteiger partial charge in [0.2, 0.25) is 5.91 Å². The van der Waals surface area contributed by atoms with Gasteiger partial charge in [0, 0.05) is 12.6 Å². The molecule has 2 heterocycles. The highest BCUT2D eigenvalue weighted by atomic mass is 19.1. The number of hydrazone groups is 1.